The van der Waals surface area contributed by atoms with Crippen LogP contribution in [0.3, 0.4) is 0 Å². The van der Waals surface area contributed by atoms with Gasteiger partial charge >= 0.3 is 6.01 Å². The lowest BCUT2D eigenvalue weighted by Gasteiger charge is -2.16. The molecule has 0 aromatic carbocycles. The summed E-state index contributed by atoms with van der Waals surface area (Å²) in [5.74, 6) is 0.445. The smallest absolute Gasteiger partial charge is 0.333 e. The Balaban J connectivity index is 1.94. The standard InChI is InChI=1S/C15H25N3O/c19-15-17-14(12-16-18-15)13-10-8-6-4-2-1-3-5-7-9-11-13/h12-13H,1-11H2,(H,17,18,19). The quantitative estimate of drug-likeness (QED) is 0.833. The van der Waals surface area contributed by atoms with Gasteiger partial charge in [0.05, 0.1) is 11.9 Å². The molecule has 0 radical (unpaired) electrons. The Bertz CT molecular complexity index is 358. The Labute approximate surface area is 115 Å². The molecule has 4 nitrogen and oxygen atoms in total. The summed E-state index contributed by atoms with van der Waals surface area (Å²) in [6, 6.07) is -0.191. The largest absolute Gasteiger partial charge is 0.478 e. The summed E-state index contributed by atoms with van der Waals surface area (Å²) >= 11 is 0. The molecule has 0 atom stereocenters. The minimum absolute atomic E-state index is 0.191. The zero-order chi connectivity index (χ0) is 13.3. The second kappa shape index (κ2) is 8.08. The molecular weight excluding hydrogens is 238 g/mol. The number of hydrogen-bond acceptors (Lipinski definition) is 4. The number of aromatic nitrogens is 3. The topological polar surface area (TPSA) is 58.9 Å². The minimum atomic E-state index is -0.191. The maximum Gasteiger partial charge on any atom is 0.333 e. The molecule has 0 bridgehead atoms. The van der Waals surface area contributed by atoms with Gasteiger partial charge in [-0.05, 0) is 12.8 Å². The van der Waals surface area contributed by atoms with Crippen molar-refractivity contribution in [2.45, 2.75) is 76.5 Å². The molecule has 0 unspecified atom stereocenters. The second-order valence-electron chi connectivity index (χ2n) is 5.64. The molecule has 1 heterocycles. The maximum atomic E-state index is 9.37. The van der Waals surface area contributed by atoms with E-state index in [1.54, 1.807) is 6.20 Å². The SMILES string of the molecule is Oc1nncc(C2CCCCCCCCCCC2)n1. The first kappa shape index (κ1) is 14.2. The zero-order valence-corrected chi connectivity index (χ0v) is 11.7. The molecule has 106 valence electrons. The average molecular weight is 263 g/mol. The lowest BCUT2D eigenvalue weighted by Crippen LogP contribution is -2.04. The van der Waals surface area contributed by atoms with E-state index in [1.807, 2.05) is 0 Å². The Morgan fingerprint density at radius 3 is 1.89 bits per heavy atom. The molecule has 1 aliphatic carbocycles. The summed E-state index contributed by atoms with van der Waals surface area (Å²) in [5.41, 5.74) is 0.921. The Kier molecular flexibility index (Phi) is 6.05. The van der Waals surface area contributed by atoms with Crippen molar-refractivity contribution in [3.63, 3.8) is 0 Å². The summed E-state index contributed by atoms with van der Waals surface area (Å²) < 4.78 is 0. The van der Waals surface area contributed by atoms with E-state index < -0.39 is 0 Å². The van der Waals surface area contributed by atoms with Crippen molar-refractivity contribution in [3.8, 4) is 6.01 Å². The summed E-state index contributed by atoms with van der Waals surface area (Å²) in [6.07, 6.45) is 16.1. The molecule has 0 amide bonds. The van der Waals surface area contributed by atoms with E-state index >= 15 is 0 Å². The van der Waals surface area contributed by atoms with Gasteiger partial charge in [0.25, 0.3) is 0 Å². The van der Waals surface area contributed by atoms with Gasteiger partial charge in [-0.25, -0.2) is 0 Å². The number of hydrogen-bond donors (Lipinski definition) is 1. The summed E-state index contributed by atoms with van der Waals surface area (Å²) in [4.78, 5) is 4.15. The molecule has 1 N–H and O–H groups in total. The van der Waals surface area contributed by atoms with Crippen LogP contribution in [0.5, 0.6) is 6.01 Å². The maximum absolute atomic E-state index is 9.37. The van der Waals surface area contributed by atoms with E-state index in [1.165, 1.54) is 57.8 Å². The highest BCUT2D eigenvalue weighted by Crippen LogP contribution is 2.28. The molecule has 1 fully saturated rings. The molecule has 2 rings (SSSR count). The monoisotopic (exact) mass is 263 g/mol. The fraction of sp³-hybridized carbons (Fsp3) is 0.800. The van der Waals surface area contributed by atoms with Gasteiger partial charge in [-0.2, -0.15) is 10.1 Å². The average Bonchev–Trinajstić information content (AvgIpc) is 2.39. The first-order valence-corrected chi connectivity index (χ1v) is 7.75. The van der Waals surface area contributed by atoms with Gasteiger partial charge in [-0.15, -0.1) is 0 Å². The van der Waals surface area contributed by atoms with E-state index in [0.29, 0.717) is 5.92 Å². The van der Waals surface area contributed by atoms with E-state index in [4.69, 9.17) is 0 Å². The van der Waals surface area contributed by atoms with Crippen LogP contribution in [0.2, 0.25) is 0 Å². The summed E-state index contributed by atoms with van der Waals surface area (Å²) in [5, 5.41) is 16.7. The van der Waals surface area contributed by atoms with Crippen molar-refractivity contribution >= 4 is 0 Å². The third-order valence-corrected chi connectivity index (χ3v) is 4.09. The third-order valence-electron chi connectivity index (χ3n) is 4.09. The Morgan fingerprint density at radius 2 is 1.37 bits per heavy atom. The van der Waals surface area contributed by atoms with Crippen LogP contribution in [0.1, 0.15) is 82.2 Å². The van der Waals surface area contributed by atoms with Crippen molar-refractivity contribution in [1.29, 1.82) is 0 Å². The lowest BCUT2D eigenvalue weighted by atomic mass is 9.91. The molecule has 1 aromatic heterocycles. The molecule has 19 heavy (non-hydrogen) atoms. The zero-order valence-electron chi connectivity index (χ0n) is 11.7. The molecule has 0 spiro atoms. The van der Waals surface area contributed by atoms with Crippen molar-refractivity contribution in [2.24, 2.45) is 0 Å². The van der Waals surface area contributed by atoms with Gasteiger partial charge in [0.15, 0.2) is 0 Å². The van der Waals surface area contributed by atoms with Crippen LogP contribution >= 0.6 is 0 Å². The van der Waals surface area contributed by atoms with Crippen LogP contribution in [-0.2, 0) is 0 Å². The van der Waals surface area contributed by atoms with Crippen LogP contribution in [0.15, 0.2) is 6.20 Å². The van der Waals surface area contributed by atoms with Crippen LogP contribution in [0.25, 0.3) is 0 Å². The number of aromatic hydroxyl groups is 1. The van der Waals surface area contributed by atoms with Crippen LogP contribution in [0.4, 0.5) is 0 Å². The lowest BCUT2D eigenvalue weighted by molar-refractivity contribution is 0.407. The highest BCUT2D eigenvalue weighted by atomic mass is 16.3. The molecule has 1 aromatic rings. The van der Waals surface area contributed by atoms with Crippen molar-refractivity contribution < 1.29 is 5.11 Å². The minimum Gasteiger partial charge on any atom is -0.478 e. The second-order valence-corrected chi connectivity index (χ2v) is 5.64. The van der Waals surface area contributed by atoms with Crippen molar-refractivity contribution in [3.05, 3.63) is 11.9 Å². The van der Waals surface area contributed by atoms with Gasteiger partial charge < -0.3 is 5.11 Å². The van der Waals surface area contributed by atoms with Crippen molar-refractivity contribution in [2.75, 3.05) is 0 Å². The highest BCUT2D eigenvalue weighted by molar-refractivity contribution is 5.05. The van der Waals surface area contributed by atoms with Gasteiger partial charge in [0.1, 0.15) is 0 Å². The summed E-state index contributed by atoms with van der Waals surface area (Å²) in [6.45, 7) is 0. The van der Waals surface area contributed by atoms with Crippen molar-refractivity contribution in [1.82, 2.24) is 15.2 Å². The molecular formula is C15H25N3O. The van der Waals surface area contributed by atoms with Gasteiger partial charge in [0.2, 0.25) is 0 Å². The van der Waals surface area contributed by atoms with Crippen LogP contribution in [-0.4, -0.2) is 20.3 Å². The fourth-order valence-electron chi connectivity index (χ4n) is 2.96. The Morgan fingerprint density at radius 1 is 0.842 bits per heavy atom. The third kappa shape index (κ3) is 5.13. The van der Waals surface area contributed by atoms with E-state index in [2.05, 4.69) is 15.2 Å². The first-order valence-electron chi connectivity index (χ1n) is 7.75. The number of rotatable bonds is 1. The van der Waals surface area contributed by atoms with Crippen LogP contribution in [0, 0.1) is 0 Å². The van der Waals surface area contributed by atoms with Gasteiger partial charge in [-0.1, -0.05) is 62.9 Å². The molecule has 1 aliphatic rings. The molecule has 0 aliphatic heterocycles. The van der Waals surface area contributed by atoms with Crippen LogP contribution < -0.4 is 0 Å². The van der Waals surface area contributed by atoms with Gasteiger partial charge in [0, 0.05) is 5.92 Å². The van der Waals surface area contributed by atoms with Gasteiger partial charge in [-0.3, -0.25) is 0 Å². The fourth-order valence-corrected chi connectivity index (χ4v) is 2.96. The predicted octanol–water partition coefficient (Wildman–Crippen LogP) is 3.97. The molecule has 1 saturated carbocycles. The Hall–Kier alpha value is -1.19. The van der Waals surface area contributed by atoms with E-state index in [9.17, 15) is 5.11 Å². The normalized spacial score (nSPS) is 20.4. The number of nitrogens with zero attached hydrogens (tertiary/aromatic N) is 3. The first-order chi connectivity index (χ1) is 9.36. The van der Waals surface area contributed by atoms with E-state index in [0.717, 1.165) is 18.5 Å². The molecule has 4 heteroatoms. The summed E-state index contributed by atoms with van der Waals surface area (Å²) in [7, 11) is 0. The predicted molar refractivity (Wildman–Crippen MR) is 75.0 cm³/mol. The highest BCUT2D eigenvalue weighted by Gasteiger charge is 2.14. The molecule has 0 saturated heterocycles. The van der Waals surface area contributed by atoms with E-state index in [-0.39, 0.29) is 6.01 Å².